The normalized spacial score (nSPS) is 12.9. The maximum atomic E-state index is 13.0. The summed E-state index contributed by atoms with van der Waals surface area (Å²) >= 11 is 0. The Morgan fingerprint density at radius 2 is 2.19 bits per heavy atom. The Hall–Kier alpha value is -1.75. The van der Waals surface area contributed by atoms with Gasteiger partial charge in [0.15, 0.2) is 0 Å². The molecule has 2 aromatic rings. The third-order valence-electron chi connectivity index (χ3n) is 2.62. The van der Waals surface area contributed by atoms with Gasteiger partial charge in [0.25, 0.3) is 5.56 Å². The first-order valence-electron chi connectivity index (χ1n) is 4.98. The molecule has 1 aromatic heterocycles. The maximum absolute atomic E-state index is 13.0. The first kappa shape index (κ1) is 10.8. The molecule has 0 aliphatic carbocycles. The Balaban J connectivity index is 2.79. The molecule has 1 unspecified atom stereocenters. The van der Waals surface area contributed by atoms with Crippen molar-refractivity contribution in [2.24, 2.45) is 0 Å². The summed E-state index contributed by atoms with van der Waals surface area (Å²) in [7, 11) is 1.80. The van der Waals surface area contributed by atoms with E-state index in [-0.39, 0.29) is 11.6 Å². The second kappa shape index (κ2) is 4.02. The highest BCUT2D eigenvalue weighted by molar-refractivity contribution is 5.83. The van der Waals surface area contributed by atoms with Crippen LogP contribution in [0.5, 0.6) is 0 Å². The monoisotopic (exact) mass is 221 g/mol. The average molecular weight is 221 g/mol. The first-order valence-corrected chi connectivity index (χ1v) is 4.98. The van der Waals surface area contributed by atoms with E-state index in [2.05, 4.69) is 15.5 Å². The van der Waals surface area contributed by atoms with Crippen LogP contribution in [0.15, 0.2) is 23.0 Å². The van der Waals surface area contributed by atoms with Gasteiger partial charge in [-0.15, -0.1) is 0 Å². The zero-order valence-corrected chi connectivity index (χ0v) is 9.04. The van der Waals surface area contributed by atoms with E-state index < -0.39 is 5.82 Å². The number of aromatic nitrogens is 2. The molecule has 1 aromatic carbocycles. The van der Waals surface area contributed by atoms with Crippen molar-refractivity contribution >= 4 is 10.8 Å². The van der Waals surface area contributed by atoms with Gasteiger partial charge in [-0.05, 0) is 32.2 Å². The van der Waals surface area contributed by atoms with Gasteiger partial charge in [-0.25, -0.2) is 9.49 Å². The summed E-state index contributed by atoms with van der Waals surface area (Å²) in [5.74, 6) is -0.424. The van der Waals surface area contributed by atoms with Crippen LogP contribution in [-0.4, -0.2) is 17.2 Å². The molecular formula is C11H12FN3O. The van der Waals surface area contributed by atoms with Crippen molar-refractivity contribution in [3.63, 3.8) is 0 Å². The molecule has 0 saturated heterocycles. The van der Waals surface area contributed by atoms with Crippen molar-refractivity contribution in [1.29, 1.82) is 0 Å². The molecule has 0 aliphatic rings. The highest BCUT2D eigenvalue weighted by Gasteiger charge is 2.11. The molecule has 1 atom stereocenters. The van der Waals surface area contributed by atoms with Crippen molar-refractivity contribution in [3.05, 3.63) is 40.1 Å². The van der Waals surface area contributed by atoms with Crippen molar-refractivity contribution < 1.29 is 4.39 Å². The summed E-state index contributed by atoms with van der Waals surface area (Å²) in [5.41, 5.74) is 0.332. The third kappa shape index (κ3) is 1.69. The van der Waals surface area contributed by atoms with Crippen molar-refractivity contribution in [3.8, 4) is 0 Å². The second-order valence-corrected chi connectivity index (χ2v) is 3.64. The fourth-order valence-corrected chi connectivity index (χ4v) is 1.63. The van der Waals surface area contributed by atoms with E-state index in [0.29, 0.717) is 16.5 Å². The Labute approximate surface area is 91.5 Å². The smallest absolute Gasteiger partial charge is 0.272 e. The molecule has 0 bridgehead atoms. The van der Waals surface area contributed by atoms with Crippen LogP contribution >= 0.6 is 0 Å². The summed E-state index contributed by atoms with van der Waals surface area (Å²) in [5, 5.41) is 10.4. The summed E-state index contributed by atoms with van der Waals surface area (Å²) in [4.78, 5) is 11.5. The second-order valence-electron chi connectivity index (χ2n) is 3.64. The number of nitrogens with one attached hydrogen (secondary N) is 2. The number of fused-ring (bicyclic) bond motifs is 1. The van der Waals surface area contributed by atoms with Crippen molar-refractivity contribution in [1.82, 2.24) is 15.5 Å². The lowest BCUT2D eigenvalue weighted by molar-refractivity contribution is 0.622. The Kier molecular flexibility index (Phi) is 2.70. The van der Waals surface area contributed by atoms with Crippen LogP contribution in [0, 0.1) is 5.82 Å². The lowest BCUT2D eigenvalue weighted by Crippen LogP contribution is -2.19. The molecule has 0 spiro atoms. The molecule has 84 valence electrons. The van der Waals surface area contributed by atoms with Crippen molar-refractivity contribution in [2.45, 2.75) is 13.0 Å². The molecule has 0 saturated carbocycles. The molecule has 2 rings (SSSR count). The molecule has 2 N–H and O–H groups in total. The molecule has 0 radical (unpaired) electrons. The molecule has 0 aliphatic heterocycles. The van der Waals surface area contributed by atoms with E-state index in [1.165, 1.54) is 12.1 Å². The fraction of sp³-hybridized carbons (Fsp3) is 0.273. The number of H-pyrrole nitrogens is 1. The van der Waals surface area contributed by atoms with E-state index in [0.717, 1.165) is 0 Å². The molecular weight excluding hydrogens is 209 g/mol. The average Bonchev–Trinajstić information content (AvgIpc) is 2.29. The number of hydrogen-bond donors (Lipinski definition) is 2. The van der Waals surface area contributed by atoms with E-state index in [4.69, 9.17) is 0 Å². The molecule has 5 heteroatoms. The molecule has 0 amide bonds. The van der Waals surface area contributed by atoms with Gasteiger partial charge in [0.05, 0.1) is 11.1 Å². The van der Waals surface area contributed by atoms with Gasteiger partial charge in [-0.3, -0.25) is 4.79 Å². The van der Waals surface area contributed by atoms with Gasteiger partial charge in [-0.2, -0.15) is 5.10 Å². The van der Waals surface area contributed by atoms with Gasteiger partial charge < -0.3 is 5.32 Å². The standard InChI is InChI=1S/C11H12FN3O/c1-6(13-2)10-8-4-3-7(12)5-9(8)11(16)15-14-10/h3-6,13H,1-2H3,(H,15,16). The topological polar surface area (TPSA) is 57.8 Å². The fourth-order valence-electron chi connectivity index (χ4n) is 1.63. The molecule has 4 nitrogen and oxygen atoms in total. The highest BCUT2D eigenvalue weighted by Crippen LogP contribution is 2.19. The maximum Gasteiger partial charge on any atom is 0.272 e. The Morgan fingerprint density at radius 3 is 2.88 bits per heavy atom. The molecule has 16 heavy (non-hydrogen) atoms. The van der Waals surface area contributed by atoms with Crippen LogP contribution in [-0.2, 0) is 0 Å². The SMILES string of the molecule is CNC(C)c1n[nH]c(=O)c2cc(F)ccc12. The lowest BCUT2D eigenvalue weighted by Gasteiger charge is -2.11. The summed E-state index contributed by atoms with van der Waals surface area (Å²) in [6.45, 7) is 1.92. The molecule has 0 fully saturated rings. The zero-order valence-electron chi connectivity index (χ0n) is 9.04. The van der Waals surface area contributed by atoms with E-state index in [1.807, 2.05) is 6.92 Å². The largest absolute Gasteiger partial charge is 0.312 e. The van der Waals surface area contributed by atoms with Crippen LogP contribution in [0.3, 0.4) is 0 Å². The number of halogens is 1. The predicted octanol–water partition coefficient (Wildman–Crippen LogP) is 1.34. The van der Waals surface area contributed by atoms with E-state index in [1.54, 1.807) is 13.1 Å². The van der Waals surface area contributed by atoms with Gasteiger partial charge in [0.1, 0.15) is 5.82 Å². The Bertz CT molecular complexity index is 579. The van der Waals surface area contributed by atoms with Crippen molar-refractivity contribution in [2.75, 3.05) is 7.05 Å². The minimum atomic E-state index is -0.424. The van der Waals surface area contributed by atoms with Crippen LogP contribution < -0.4 is 10.9 Å². The first-order chi connectivity index (χ1) is 7.63. The van der Waals surface area contributed by atoms with Gasteiger partial charge >= 0.3 is 0 Å². The summed E-state index contributed by atoms with van der Waals surface area (Å²) < 4.78 is 13.0. The predicted molar refractivity (Wildman–Crippen MR) is 59.8 cm³/mol. The number of benzene rings is 1. The number of rotatable bonds is 2. The van der Waals surface area contributed by atoms with Gasteiger partial charge in [0, 0.05) is 11.4 Å². The van der Waals surface area contributed by atoms with Crippen LogP contribution in [0.4, 0.5) is 4.39 Å². The van der Waals surface area contributed by atoms with E-state index in [9.17, 15) is 9.18 Å². The summed E-state index contributed by atoms with van der Waals surface area (Å²) in [6, 6.07) is 4.12. The highest BCUT2D eigenvalue weighted by atomic mass is 19.1. The number of hydrogen-bond acceptors (Lipinski definition) is 3. The van der Waals surface area contributed by atoms with E-state index >= 15 is 0 Å². The Morgan fingerprint density at radius 1 is 1.44 bits per heavy atom. The minimum absolute atomic E-state index is 0.00943. The minimum Gasteiger partial charge on any atom is -0.312 e. The van der Waals surface area contributed by atoms with Crippen LogP contribution in [0.2, 0.25) is 0 Å². The van der Waals surface area contributed by atoms with Gasteiger partial charge in [-0.1, -0.05) is 0 Å². The third-order valence-corrected chi connectivity index (χ3v) is 2.62. The number of aromatic amines is 1. The summed E-state index contributed by atoms with van der Waals surface area (Å²) in [6.07, 6.45) is 0. The zero-order chi connectivity index (χ0) is 11.7. The lowest BCUT2D eigenvalue weighted by atomic mass is 10.1. The number of nitrogens with zero attached hydrogens (tertiary/aromatic N) is 1. The quantitative estimate of drug-likeness (QED) is 0.804. The van der Waals surface area contributed by atoms with Crippen LogP contribution in [0.1, 0.15) is 18.7 Å². The van der Waals surface area contributed by atoms with Gasteiger partial charge in [0.2, 0.25) is 0 Å². The molecule has 1 heterocycles. The van der Waals surface area contributed by atoms with Crippen LogP contribution in [0.25, 0.3) is 10.8 Å².